The Labute approximate surface area is 181 Å². The van der Waals surface area contributed by atoms with Crippen molar-refractivity contribution in [1.82, 2.24) is 0 Å². The van der Waals surface area contributed by atoms with E-state index in [1.165, 1.54) is 30.4 Å². The molecular formula is C27H37NO2. The lowest BCUT2D eigenvalue weighted by Gasteiger charge is -2.60. The van der Waals surface area contributed by atoms with Crippen molar-refractivity contribution in [3.63, 3.8) is 0 Å². The Morgan fingerprint density at radius 2 is 2.03 bits per heavy atom. The maximum Gasteiger partial charge on any atom is 0.115 e. The summed E-state index contributed by atoms with van der Waals surface area (Å²) in [5, 5.41) is 29.8. The van der Waals surface area contributed by atoms with E-state index in [2.05, 4.69) is 31.7 Å². The molecule has 0 heterocycles. The molecule has 0 aromatic heterocycles. The second-order valence-corrected chi connectivity index (χ2v) is 10.4. The smallest absolute Gasteiger partial charge is 0.115 e. The lowest BCUT2D eigenvalue weighted by atomic mass is 9.44. The summed E-state index contributed by atoms with van der Waals surface area (Å²) < 4.78 is 0. The number of phenolic OH excluding ortho intramolecular Hbond substituents is 1. The summed E-state index contributed by atoms with van der Waals surface area (Å²) in [7, 11) is 0. The molecule has 3 aliphatic carbocycles. The van der Waals surface area contributed by atoms with E-state index in [0.29, 0.717) is 29.9 Å². The molecule has 1 aromatic rings. The molecule has 3 nitrogen and oxygen atoms in total. The van der Waals surface area contributed by atoms with E-state index in [0.717, 1.165) is 44.9 Å². The first-order chi connectivity index (χ1) is 14.5. The standard InChI is InChI=1S/C27H37NO2/c1-3-27-15-14-19-17-21(29)10-11-22(19)25(27)20(9-7-5-4-6-8-16-28)18-26(2)23(27)12-13-24(26)30/h3,10-11,17,20,23-25,29-30H,1,4-9,12-15,18H2,2H3/t20-,23+,24-,25+,26-,27-/m0/s1. The third kappa shape index (κ3) is 3.38. The number of hydrogen-bond acceptors (Lipinski definition) is 3. The van der Waals surface area contributed by atoms with Crippen LogP contribution in [0.15, 0.2) is 30.9 Å². The van der Waals surface area contributed by atoms with Gasteiger partial charge in [0.15, 0.2) is 0 Å². The molecule has 6 atom stereocenters. The van der Waals surface area contributed by atoms with Crippen molar-refractivity contribution in [3.8, 4) is 11.8 Å². The van der Waals surface area contributed by atoms with Crippen molar-refractivity contribution < 1.29 is 10.2 Å². The Bertz CT molecular complexity index is 827. The van der Waals surface area contributed by atoms with Gasteiger partial charge in [-0.2, -0.15) is 5.26 Å². The molecule has 0 bridgehead atoms. The summed E-state index contributed by atoms with van der Waals surface area (Å²) in [6.07, 6.45) is 13.5. The second-order valence-electron chi connectivity index (χ2n) is 10.4. The molecule has 0 saturated heterocycles. The second kappa shape index (κ2) is 8.39. The first kappa shape index (κ1) is 21.4. The van der Waals surface area contributed by atoms with E-state index in [4.69, 9.17) is 5.26 Å². The number of aryl methyl sites for hydroxylation is 1. The van der Waals surface area contributed by atoms with Crippen LogP contribution in [0.25, 0.3) is 0 Å². The van der Waals surface area contributed by atoms with E-state index in [-0.39, 0.29) is 16.9 Å². The van der Waals surface area contributed by atoms with Gasteiger partial charge < -0.3 is 10.2 Å². The Kier molecular flexibility index (Phi) is 5.99. The van der Waals surface area contributed by atoms with E-state index in [1.54, 1.807) is 0 Å². The number of aromatic hydroxyl groups is 1. The Morgan fingerprint density at radius 1 is 1.23 bits per heavy atom. The highest BCUT2D eigenvalue weighted by Crippen LogP contribution is 2.69. The summed E-state index contributed by atoms with van der Waals surface area (Å²) in [4.78, 5) is 0. The predicted molar refractivity (Wildman–Crippen MR) is 120 cm³/mol. The molecule has 3 aliphatic rings. The minimum absolute atomic E-state index is 0.0232. The van der Waals surface area contributed by atoms with Gasteiger partial charge in [-0.15, -0.1) is 6.58 Å². The molecule has 2 saturated carbocycles. The summed E-state index contributed by atoms with van der Waals surface area (Å²) >= 11 is 0. The largest absolute Gasteiger partial charge is 0.508 e. The van der Waals surface area contributed by atoms with Crippen LogP contribution >= 0.6 is 0 Å². The summed E-state index contributed by atoms with van der Waals surface area (Å²) in [5.74, 6) is 1.81. The molecular weight excluding hydrogens is 370 g/mol. The van der Waals surface area contributed by atoms with Gasteiger partial charge >= 0.3 is 0 Å². The average molecular weight is 408 g/mol. The van der Waals surface area contributed by atoms with E-state index in [1.807, 2.05) is 12.1 Å². The van der Waals surface area contributed by atoms with Crippen molar-refractivity contribution in [2.45, 2.75) is 89.6 Å². The molecule has 30 heavy (non-hydrogen) atoms. The Balaban J connectivity index is 1.66. The Morgan fingerprint density at radius 3 is 2.80 bits per heavy atom. The van der Waals surface area contributed by atoms with Gasteiger partial charge in [-0.05, 0) is 96.8 Å². The highest BCUT2D eigenvalue weighted by Gasteiger charge is 2.63. The maximum atomic E-state index is 11.0. The fraction of sp³-hybridized carbons (Fsp3) is 0.667. The predicted octanol–water partition coefficient (Wildman–Crippen LogP) is 6.26. The van der Waals surface area contributed by atoms with E-state index < -0.39 is 0 Å². The van der Waals surface area contributed by atoms with Crippen LogP contribution in [0.1, 0.15) is 88.2 Å². The number of hydrogen-bond donors (Lipinski definition) is 2. The molecule has 162 valence electrons. The first-order valence-electron chi connectivity index (χ1n) is 12.0. The Hall–Kier alpha value is -1.79. The number of aliphatic hydroxyl groups is 1. The zero-order valence-electron chi connectivity index (χ0n) is 18.4. The first-order valence-corrected chi connectivity index (χ1v) is 12.0. The minimum atomic E-state index is -0.209. The highest BCUT2D eigenvalue weighted by molar-refractivity contribution is 5.43. The lowest BCUT2D eigenvalue weighted by molar-refractivity contribution is -0.0812. The molecule has 0 radical (unpaired) electrons. The molecule has 0 spiro atoms. The third-order valence-corrected chi connectivity index (χ3v) is 8.97. The van der Waals surface area contributed by atoms with Crippen molar-refractivity contribution in [1.29, 1.82) is 5.26 Å². The van der Waals surface area contributed by atoms with Crippen molar-refractivity contribution in [3.05, 3.63) is 42.0 Å². The molecule has 0 amide bonds. The van der Waals surface area contributed by atoms with Crippen LogP contribution in [0.4, 0.5) is 0 Å². The zero-order chi connectivity index (χ0) is 21.4. The molecule has 2 fully saturated rings. The van der Waals surface area contributed by atoms with E-state index >= 15 is 0 Å². The molecule has 3 heteroatoms. The SMILES string of the molecule is C=C[C@@]12CCc3cc(O)ccc3[C@H]1[C@@H](CCCCCCC#N)C[C@@]1(C)[C@H]2CC[C@@H]1O. The van der Waals surface area contributed by atoms with Gasteiger partial charge in [0.1, 0.15) is 5.75 Å². The number of fused-ring (bicyclic) bond motifs is 5. The van der Waals surface area contributed by atoms with Gasteiger partial charge in [-0.25, -0.2) is 0 Å². The van der Waals surface area contributed by atoms with Crippen LogP contribution in [0.3, 0.4) is 0 Å². The van der Waals surface area contributed by atoms with Crippen molar-refractivity contribution in [2.24, 2.45) is 22.7 Å². The van der Waals surface area contributed by atoms with Gasteiger partial charge in [-0.3, -0.25) is 0 Å². The normalized spacial score (nSPS) is 37.0. The summed E-state index contributed by atoms with van der Waals surface area (Å²) in [5.41, 5.74) is 2.74. The number of benzene rings is 1. The number of rotatable bonds is 7. The monoisotopic (exact) mass is 407 g/mol. The summed E-state index contributed by atoms with van der Waals surface area (Å²) in [6, 6.07) is 8.24. The zero-order valence-corrected chi connectivity index (χ0v) is 18.4. The molecule has 0 unspecified atom stereocenters. The number of unbranched alkanes of at least 4 members (excludes halogenated alkanes) is 4. The van der Waals surface area contributed by atoms with Crippen LogP contribution < -0.4 is 0 Å². The molecule has 2 N–H and O–H groups in total. The molecule has 0 aliphatic heterocycles. The fourth-order valence-corrected chi connectivity index (χ4v) is 7.66. The van der Waals surface area contributed by atoms with Crippen LogP contribution in [-0.2, 0) is 6.42 Å². The molecule has 4 rings (SSSR count). The number of allylic oxidation sites excluding steroid dienone is 1. The number of nitrogens with zero attached hydrogens (tertiary/aromatic N) is 1. The van der Waals surface area contributed by atoms with E-state index in [9.17, 15) is 10.2 Å². The van der Waals surface area contributed by atoms with Crippen molar-refractivity contribution >= 4 is 0 Å². The number of phenols is 1. The van der Waals surface area contributed by atoms with Crippen molar-refractivity contribution in [2.75, 3.05) is 0 Å². The third-order valence-electron chi connectivity index (χ3n) is 8.97. The number of nitriles is 1. The number of aliphatic hydroxyl groups excluding tert-OH is 1. The van der Waals surface area contributed by atoms with Gasteiger partial charge in [-0.1, -0.05) is 38.3 Å². The highest BCUT2D eigenvalue weighted by atomic mass is 16.3. The van der Waals surface area contributed by atoms with Crippen LogP contribution in [0.5, 0.6) is 5.75 Å². The fourth-order valence-electron chi connectivity index (χ4n) is 7.66. The topological polar surface area (TPSA) is 64.2 Å². The minimum Gasteiger partial charge on any atom is -0.508 e. The average Bonchev–Trinajstić information content (AvgIpc) is 3.04. The molecule has 1 aromatic carbocycles. The maximum absolute atomic E-state index is 11.0. The lowest BCUT2D eigenvalue weighted by Crippen LogP contribution is -2.54. The van der Waals surface area contributed by atoms with Crippen LogP contribution in [-0.4, -0.2) is 16.3 Å². The van der Waals surface area contributed by atoms with Gasteiger partial charge in [0, 0.05) is 6.42 Å². The van der Waals surface area contributed by atoms with Gasteiger partial charge in [0.05, 0.1) is 12.2 Å². The quantitative estimate of drug-likeness (QED) is 0.414. The van der Waals surface area contributed by atoms with Gasteiger partial charge in [0.2, 0.25) is 0 Å². The van der Waals surface area contributed by atoms with Crippen LogP contribution in [0, 0.1) is 34.0 Å². The van der Waals surface area contributed by atoms with Gasteiger partial charge in [0.25, 0.3) is 0 Å². The summed E-state index contributed by atoms with van der Waals surface area (Å²) in [6.45, 7) is 6.71. The van der Waals surface area contributed by atoms with Crippen LogP contribution in [0.2, 0.25) is 0 Å².